The number of hydrogen-bond acceptors (Lipinski definition) is 7. The number of aromatic nitrogens is 4. The molecule has 0 spiro atoms. The van der Waals surface area contributed by atoms with Gasteiger partial charge in [0, 0.05) is 35.0 Å². The van der Waals surface area contributed by atoms with E-state index in [1.165, 1.54) is 10.4 Å². The summed E-state index contributed by atoms with van der Waals surface area (Å²) in [6.07, 6.45) is 5.74. The van der Waals surface area contributed by atoms with E-state index < -0.39 is 0 Å². The van der Waals surface area contributed by atoms with Crippen molar-refractivity contribution in [2.45, 2.75) is 26.2 Å². The first-order valence-corrected chi connectivity index (χ1v) is 11.3. The predicted molar refractivity (Wildman–Crippen MR) is 122 cm³/mol. The van der Waals surface area contributed by atoms with Crippen molar-refractivity contribution in [1.82, 2.24) is 25.1 Å². The molecule has 0 fully saturated rings. The Labute approximate surface area is 183 Å². The number of carbonyl (C=O) groups excluding carboxylic acids is 1. The van der Waals surface area contributed by atoms with Crippen molar-refractivity contribution in [1.29, 1.82) is 0 Å². The quantitative estimate of drug-likeness (QED) is 0.428. The monoisotopic (exact) mass is 436 g/mol. The molecule has 0 unspecified atom stereocenters. The van der Waals surface area contributed by atoms with Crippen LogP contribution in [0.25, 0.3) is 21.1 Å². The zero-order chi connectivity index (χ0) is 21.4. The van der Waals surface area contributed by atoms with Crippen LogP contribution in [0.5, 0.6) is 0 Å². The largest absolute Gasteiger partial charge is 0.395 e. The van der Waals surface area contributed by atoms with Gasteiger partial charge in [-0.25, -0.2) is 9.97 Å². The molecular formula is C22H24N6O2S. The summed E-state index contributed by atoms with van der Waals surface area (Å²) in [6, 6.07) is 6.04. The standard InChI is InChI=1S/C22H24N6O2S/c1-2-28(7-8-29)22(30)13-3-5-16-18(10-13)31-21-19(16)20(23-12-24-21)26-15-4-6-17-14(9-15)11-25-27-17/h4,6,9,11-13,29H,2-3,5,7-8,10H2,1H3,(H,25,27)(H,23,24,26)/t13-/m0/s1. The van der Waals surface area contributed by atoms with E-state index in [1.807, 2.05) is 25.1 Å². The molecule has 1 amide bonds. The first-order chi connectivity index (χ1) is 15.2. The molecule has 0 aliphatic heterocycles. The maximum absolute atomic E-state index is 12.9. The van der Waals surface area contributed by atoms with Crippen LogP contribution >= 0.6 is 11.3 Å². The second kappa shape index (κ2) is 8.24. The van der Waals surface area contributed by atoms with Crippen molar-refractivity contribution < 1.29 is 9.90 Å². The molecule has 9 heteroatoms. The van der Waals surface area contributed by atoms with E-state index >= 15 is 0 Å². The summed E-state index contributed by atoms with van der Waals surface area (Å²) >= 11 is 1.66. The molecule has 1 atom stereocenters. The number of anilines is 2. The smallest absolute Gasteiger partial charge is 0.226 e. The molecule has 31 heavy (non-hydrogen) atoms. The van der Waals surface area contributed by atoms with Gasteiger partial charge < -0.3 is 15.3 Å². The third-order valence-corrected chi connectivity index (χ3v) is 7.12. The SMILES string of the molecule is CCN(CCO)C(=O)[C@H]1CCc2c(sc3ncnc(Nc4ccc5[nH]ncc5c4)c23)C1. The molecule has 3 N–H and O–H groups in total. The number of benzene rings is 1. The van der Waals surface area contributed by atoms with E-state index in [4.69, 9.17) is 0 Å². The van der Waals surface area contributed by atoms with Crippen molar-refractivity contribution >= 4 is 49.9 Å². The van der Waals surface area contributed by atoms with Gasteiger partial charge in [-0.1, -0.05) is 0 Å². The van der Waals surface area contributed by atoms with Crippen molar-refractivity contribution in [2.24, 2.45) is 5.92 Å². The van der Waals surface area contributed by atoms with E-state index in [2.05, 4.69) is 25.5 Å². The Balaban J connectivity index is 1.44. The number of aryl methyl sites for hydroxylation is 1. The summed E-state index contributed by atoms with van der Waals surface area (Å²) in [5.74, 6) is 0.892. The first-order valence-electron chi connectivity index (χ1n) is 10.5. The topological polar surface area (TPSA) is 107 Å². The van der Waals surface area contributed by atoms with Gasteiger partial charge in [-0.3, -0.25) is 9.89 Å². The third-order valence-electron chi connectivity index (χ3n) is 5.96. The highest BCUT2D eigenvalue weighted by atomic mass is 32.1. The van der Waals surface area contributed by atoms with Crippen LogP contribution in [0.3, 0.4) is 0 Å². The zero-order valence-electron chi connectivity index (χ0n) is 17.3. The number of hydrogen-bond donors (Lipinski definition) is 3. The fourth-order valence-electron chi connectivity index (χ4n) is 4.38. The van der Waals surface area contributed by atoms with Gasteiger partial charge in [-0.15, -0.1) is 11.3 Å². The van der Waals surface area contributed by atoms with E-state index in [9.17, 15) is 9.90 Å². The minimum atomic E-state index is -0.0417. The van der Waals surface area contributed by atoms with Crippen molar-refractivity contribution in [2.75, 3.05) is 25.0 Å². The van der Waals surface area contributed by atoms with E-state index in [0.717, 1.165) is 51.9 Å². The Morgan fingerprint density at radius 3 is 3.13 bits per heavy atom. The van der Waals surface area contributed by atoms with Gasteiger partial charge in [0.05, 0.1) is 23.7 Å². The second-order valence-corrected chi connectivity index (χ2v) is 8.87. The van der Waals surface area contributed by atoms with Crippen LogP contribution in [0.2, 0.25) is 0 Å². The average molecular weight is 437 g/mol. The van der Waals surface area contributed by atoms with Crippen LogP contribution in [-0.2, 0) is 17.6 Å². The third kappa shape index (κ3) is 3.64. The number of fused-ring (bicyclic) bond motifs is 4. The highest BCUT2D eigenvalue weighted by Gasteiger charge is 2.31. The number of rotatable bonds is 6. The highest BCUT2D eigenvalue weighted by molar-refractivity contribution is 7.19. The molecule has 3 aromatic heterocycles. The van der Waals surface area contributed by atoms with Gasteiger partial charge in [0.15, 0.2) is 0 Å². The number of nitrogens with zero attached hydrogens (tertiary/aromatic N) is 4. The summed E-state index contributed by atoms with van der Waals surface area (Å²) in [5.41, 5.74) is 3.19. The maximum Gasteiger partial charge on any atom is 0.226 e. The molecular weight excluding hydrogens is 412 g/mol. The second-order valence-electron chi connectivity index (χ2n) is 7.78. The number of likely N-dealkylation sites (N-methyl/N-ethyl adjacent to an activating group) is 1. The Morgan fingerprint density at radius 1 is 1.39 bits per heavy atom. The average Bonchev–Trinajstić information content (AvgIpc) is 3.40. The minimum Gasteiger partial charge on any atom is -0.395 e. The first kappa shape index (κ1) is 19.9. The number of carbonyl (C=O) groups is 1. The number of amides is 1. The van der Waals surface area contributed by atoms with Crippen LogP contribution in [0, 0.1) is 5.92 Å². The van der Waals surface area contributed by atoms with Gasteiger partial charge in [0.1, 0.15) is 17.0 Å². The van der Waals surface area contributed by atoms with Crippen molar-refractivity contribution in [3.05, 3.63) is 41.2 Å². The molecule has 0 bridgehead atoms. The molecule has 4 aromatic rings. The fourth-order valence-corrected chi connectivity index (χ4v) is 5.64. The molecule has 3 heterocycles. The summed E-state index contributed by atoms with van der Waals surface area (Å²) in [7, 11) is 0. The fraction of sp³-hybridized carbons (Fsp3) is 0.364. The molecule has 0 radical (unpaired) electrons. The molecule has 0 saturated heterocycles. The predicted octanol–water partition coefficient (Wildman–Crippen LogP) is 3.26. The minimum absolute atomic E-state index is 0.00430. The normalized spacial score (nSPS) is 15.9. The Morgan fingerprint density at radius 2 is 2.29 bits per heavy atom. The Kier molecular flexibility index (Phi) is 5.29. The number of aliphatic hydroxyl groups excluding tert-OH is 1. The van der Waals surface area contributed by atoms with Crippen LogP contribution in [0.15, 0.2) is 30.7 Å². The summed E-state index contributed by atoms with van der Waals surface area (Å²) in [4.78, 5) is 25.9. The van der Waals surface area contributed by atoms with E-state index in [1.54, 1.807) is 28.8 Å². The number of nitrogens with one attached hydrogen (secondary N) is 2. The molecule has 8 nitrogen and oxygen atoms in total. The van der Waals surface area contributed by atoms with Gasteiger partial charge in [0.25, 0.3) is 0 Å². The van der Waals surface area contributed by atoms with E-state index in [0.29, 0.717) is 13.1 Å². The lowest BCUT2D eigenvalue weighted by atomic mass is 9.87. The molecule has 1 aromatic carbocycles. The van der Waals surface area contributed by atoms with Crippen molar-refractivity contribution in [3.63, 3.8) is 0 Å². The zero-order valence-corrected chi connectivity index (χ0v) is 18.1. The van der Waals surface area contributed by atoms with E-state index in [-0.39, 0.29) is 18.4 Å². The van der Waals surface area contributed by atoms with Gasteiger partial charge in [0.2, 0.25) is 5.91 Å². The molecule has 1 aliphatic rings. The lowest BCUT2D eigenvalue weighted by Crippen LogP contribution is -2.39. The van der Waals surface area contributed by atoms with Gasteiger partial charge >= 0.3 is 0 Å². The Hall–Kier alpha value is -3.04. The van der Waals surface area contributed by atoms with Gasteiger partial charge in [-0.05, 0) is 49.9 Å². The molecule has 5 rings (SSSR count). The van der Waals surface area contributed by atoms with Crippen LogP contribution in [0.4, 0.5) is 11.5 Å². The molecule has 160 valence electrons. The number of aromatic amines is 1. The highest BCUT2D eigenvalue weighted by Crippen LogP contribution is 2.40. The van der Waals surface area contributed by atoms with Crippen LogP contribution in [-0.4, -0.2) is 55.8 Å². The van der Waals surface area contributed by atoms with Crippen LogP contribution < -0.4 is 5.32 Å². The van der Waals surface area contributed by atoms with Gasteiger partial charge in [-0.2, -0.15) is 5.10 Å². The number of H-pyrrole nitrogens is 1. The number of thiophene rings is 1. The van der Waals surface area contributed by atoms with Crippen LogP contribution in [0.1, 0.15) is 23.8 Å². The maximum atomic E-state index is 12.9. The summed E-state index contributed by atoms with van der Waals surface area (Å²) in [6.45, 7) is 2.96. The lowest BCUT2D eigenvalue weighted by Gasteiger charge is -2.28. The Bertz CT molecular complexity index is 1250. The lowest BCUT2D eigenvalue weighted by molar-refractivity contribution is -0.136. The molecule has 0 saturated carbocycles. The number of aliphatic hydroxyl groups is 1. The molecule has 1 aliphatic carbocycles. The summed E-state index contributed by atoms with van der Waals surface area (Å²) < 4.78 is 0. The summed E-state index contributed by atoms with van der Waals surface area (Å²) in [5, 5.41) is 21.8. The van der Waals surface area contributed by atoms with Crippen molar-refractivity contribution in [3.8, 4) is 0 Å².